The van der Waals surface area contributed by atoms with E-state index in [-0.39, 0.29) is 11.0 Å². The molecule has 0 aromatic heterocycles. The Morgan fingerprint density at radius 1 is 0.944 bits per heavy atom. The molecule has 3 fully saturated rings. The molecule has 2 saturated heterocycles. The van der Waals surface area contributed by atoms with Crippen LogP contribution in [0.2, 0.25) is 0 Å². The Labute approximate surface area is 109 Å². The lowest BCUT2D eigenvalue weighted by molar-refractivity contribution is -0.0878. The predicted molar refractivity (Wildman–Crippen MR) is 69.1 cm³/mol. The van der Waals surface area contributed by atoms with Crippen molar-refractivity contribution in [3.63, 3.8) is 0 Å². The zero-order chi connectivity index (χ0) is 12.6. The maximum Gasteiger partial charge on any atom is 0.280 e. The topological polar surface area (TPSA) is 27.7 Å². The molecule has 102 valence electrons. The summed E-state index contributed by atoms with van der Waals surface area (Å²) in [6.07, 6.45) is 7.39. The molecule has 0 unspecified atom stereocenters. The van der Waals surface area contributed by atoms with Crippen LogP contribution >= 0.6 is 0 Å². The van der Waals surface area contributed by atoms with E-state index >= 15 is 0 Å². The fourth-order valence-corrected chi connectivity index (χ4v) is 3.19. The van der Waals surface area contributed by atoms with Crippen LogP contribution in [0.15, 0.2) is 11.5 Å². The van der Waals surface area contributed by atoms with E-state index in [1.807, 2.05) is 0 Å². The lowest BCUT2D eigenvalue weighted by Gasteiger charge is -2.33. The molecule has 2 heterocycles. The van der Waals surface area contributed by atoms with Gasteiger partial charge in [-0.2, -0.15) is 0 Å². The molecule has 0 amide bonds. The van der Waals surface area contributed by atoms with Crippen molar-refractivity contribution in [2.24, 2.45) is 5.41 Å². The summed E-state index contributed by atoms with van der Waals surface area (Å²) in [7, 11) is 0. The van der Waals surface area contributed by atoms with E-state index in [2.05, 4.69) is 13.8 Å². The highest BCUT2D eigenvalue weighted by Gasteiger charge is 2.41. The van der Waals surface area contributed by atoms with Gasteiger partial charge in [0.2, 0.25) is 0 Å². The lowest BCUT2D eigenvalue weighted by atomic mass is 9.82. The SMILES string of the molecule is CC1(C)COC(=C2COC3(CCCCC3)C2)OC1. The Morgan fingerprint density at radius 2 is 1.61 bits per heavy atom. The van der Waals surface area contributed by atoms with Crippen molar-refractivity contribution in [3.8, 4) is 0 Å². The summed E-state index contributed by atoms with van der Waals surface area (Å²) in [5.74, 6) is 0.761. The smallest absolute Gasteiger partial charge is 0.280 e. The highest BCUT2D eigenvalue weighted by molar-refractivity contribution is 5.15. The molecule has 0 radical (unpaired) electrons. The van der Waals surface area contributed by atoms with Crippen molar-refractivity contribution >= 4 is 0 Å². The molecule has 18 heavy (non-hydrogen) atoms. The Kier molecular flexibility index (Phi) is 3.05. The van der Waals surface area contributed by atoms with Gasteiger partial charge in [-0.05, 0) is 12.8 Å². The third-order valence-corrected chi connectivity index (χ3v) is 4.33. The van der Waals surface area contributed by atoms with Crippen LogP contribution in [0.3, 0.4) is 0 Å². The minimum Gasteiger partial charge on any atom is -0.465 e. The van der Waals surface area contributed by atoms with Gasteiger partial charge in [-0.1, -0.05) is 33.1 Å². The molecule has 0 bridgehead atoms. The van der Waals surface area contributed by atoms with Crippen LogP contribution in [0.5, 0.6) is 0 Å². The molecule has 3 aliphatic rings. The zero-order valence-corrected chi connectivity index (χ0v) is 11.6. The Morgan fingerprint density at radius 3 is 2.28 bits per heavy atom. The Bertz CT molecular complexity index is 339. The number of hydrogen-bond acceptors (Lipinski definition) is 3. The molecule has 0 aromatic carbocycles. The minimum absolute atomic E-state index is 0.111. The second kappa shape index (κ2) is 4.44. The maximum absolute atomic E-state index is 6.08. The van der Waals surface area contributed by atoms with Gasteiger partial charge in [-0.3, -0.25) is 0 Å². The van der Waals surface area contributed by atoms with Gasteiger partial charge < -0.3 is 14.2 Å². The third kappa shape index (κ3) is 2.37. The van der Waals surface area contributed by atoms with Crippen molar-refractivity contribution in [1.29, 1.82) is 0 Å². The summed E-state index contributed by atoms with van der Waals surface area (Å²) in [6.45, 7) is 6.54. The van der Waals surface area contributed by atoms with Crippen molar-refractivity contribution in [2.45, 2.75) is 58.0 Å². The van der Waals surface area contributed by atoms with Gasteiger partial charge in [-0.15, -0.1) is 0 Å². The molecule has 1 aliphatic carbocycles. The number of rotatable bonds is 0. The quantitative estimate of drug-likeness (QED) is 0.661. The summed E-state index contributed by atoms with van der Waals surface area (Å²) in [5.41, 5.74) is 1.49. The molecule has 1 saturated carbocycles. The predicted octanol–water partition coefficient (Wildman–Crippen LogP) is 3.39. The highest BCUT2D eigenvalue weighted by Crippen LogP contribution is 2.43. The van der Waals surface area contributed by atoms with E-state index in [9.17, 15) is 0 Å². The van der Waals surface area contributed by atoms with Gasteiger partial charge in [0, 0.05) is 17.4 Å². The molecule has 3 rings (SSSR count). The van der Waals surface area contributed by atoms with E-state index in [1.54, 1.807) is 0 Å². The van der Waals surface area contributed by atoms with Crippen LogP contribution in [0.1, 0.15) is 52.4 Å². The van der Waals surface area contributed by atoms with Gasteiger partial charge >= 0.3 is 0 Å². The average Bonchev–Trinajstić information content (AvgIpc) is 2.74. The van der Waals surface area contributed by atoms with Crippen LogP contribution in [0.25, 0.3) is 0 Å². The van der Waals surface area contributed by atoms with Gasteiger partial charge in [0.25, 0.3) is 5.95 Å². The first-order valence-corrected chi connectivity index (χ1v) is 7.20. The summed E-state index contributed by atoms with van der Waals surface area (Å²) < 4.78 is 17.7. The summed E-state index contributed by atoms with van der Waals surface area (Å²) in [5, 5.41) is 0. The molecular formula is C15H24O3. The monoisotopic (exact) mass is 252 g/mol. The van der Waals surface area contributed by atoms with Crippen molar-refractivity contribution in [3.05, 3.63) is 11.5 Å². The molecule has 0 aromatic rings. The summed E-state index contributed by atoms with van der Waals surface area (Å²) in [6, 6.07) is 0. The van der Waals surface area contributed by atoms with Crippen molar-refractivity contribution in [2.75, 3.05) is 19.8 Å². The molecule has 0 atom stereocenters. The lowest BCUT2D eigenvalue weighted by Crippen LogP contribution is -2.32. The molecule has 3 nitrogen and oxygen atoms in total. The minimum atomic E-state index is 0.111. The van der Waals surface area contributed by atoms with Crippen LogP contribution in [0.4, 0.5) is 0 Å². The fraction of sp³-hybridized carbons (Fsp3) is 0.867. The maximum atomic E-state index is 6.08. The van der Waals surface area contributed by atoms with Gasteiger partial charge in [0.05, 0.1) is 25.4 Å². The van der Waals surface area contributed by atoms with Crippen LogP contribution in [0, 0.1) is 5.41 Å². The normalized spacial score (nSPS) is 30.1. The molecule has 2 aliphatic heterocycles. The first-order chi connectivity index (χ1) is 8.59. The fourth-order valence-electron chi connectivity index (χ4n) is 3.19. The molecule has 0 N–H and O–H groups in total. The van der Waals surface area contributed by atoms with E-state index < -0.39 is 0 Å². The van der Waals surface area contributed by atoms with Gasteiger partial charge in [-0.25, -0.2) is 0 Å². The number of hydrogen-bond donors (Lipinski definition) is 0. The third-order valence-electron chi connectivity index (χ3n) is 4.33. The standard InChI is InChI=1S/C15H24O3/c1-14(2)10-16-13(17-11-14)12-8-15(18-9-12)6-4-3-5-7-15/h3-11H2,1-2H3. The first-order valence-electron chi connectivity index (χ1n) is 7.20. The largest absolute Gasteiger partial charge is 0.465 e. The van der Waals surface area contributed by atoms with E-state index in [1.165, 1.54) is 37.7 Å². The van der Waals surface area contributed by atoms with E-state index in [4.69, 9.17) is 14.2 Å². The van der Waals surface area contributed by atoms with Gasteiger partial charge in [0.1, 0.15) is 0 Å². The van der Waals surface area contributed by atoms with Gasteiger partial charge in [0.15, 0.2) is 0 Å². The Hall–Kier alpha value is -0.700. The van der Waals surface area contributed by atoms with Crippen LogP contribution in [-0.2, 0) is 14.2 Å². The highest BCUT2D eigenvalue weighted by atomic mass is 16.7. The van der Waals surface area contributed by atoms with Crippen molar-refractivity contribution < 1.29 is 14.2 Å². The summed E-state index contributed by atoms with van der Waals surface area (Å²) in [4.78, 5) is 0. The Balaban J connectivity index is 1.68. The van der Waals surface area contributed by atoms with E-state index in [0.29, 0.717) is 6.61 Å². The second-order valence-corrected chi connectivity index (χ2v) is 6.84. The average molecular weight is 252 g/mol. The first kappa shape index (κ1) is 12.3. The van der Waals surface area contributed by atoms with Crippen LogP contribution < -0.4 is 0 Å². The molecular weight excluding hydrogens is 228 g/mol. The molecule has 3 heteroatoms. The van der Waals surface area contributed by atoms with E-state index in [0.717, 1.165) is 25.6 Å². The summed E-state index contributed by atoms with van der Waals surface area (Å²) >= 11 is 0. The molecule has 1 spiro atoms. The van der Waals surface area contributed by atoms with Crippen LogP contribution in [-0.4, -0.2) is 25.4 Å². The second-order valence-electron chi connectivity index (χ2n) is 6.84. The van der Waals surface area contributed by atoms with Crippen molar-refractivity contribution in [1.82, 2.24) is 0 Å². The number of ether oxygens (including phenoxy) is 3. The zero-order valence-electron chi connectivity index (χ0n) is 11.6.